The lowest BCUT2D eigenvalue weighted by Crippen LogP contribution is -2.35. The molecule has 84 valence electrons. The van der Waals surface area contributed by atoms with Crippen LogP contribution in [0.3, 0.4) is 0 Å². The van der Waals surface area contributed by atoms with E-state index < -0.39 is 0 Å². The van der Waals surface area contributed by atoms with Crippen LogP contribution in [0, 0.1) is 6.92 Å². The van der Waals surface area contributed by atoms with Crippen LogP contribution in [0.5, 0.6) is 0 Å². The van der Waals surface area contributed by atoms with Crippen molar-refractivity contribution >= 4 is 6.03 Å². The Kier molecular flexibility index (Phi) is 4.66. The van der Waals surface area contributed by atoms with Crippen LogP contribution in [0.4, 0.5) is 4.79 Å². The number of oxazole rings is 1. The summed E-state index contributed by atoms with van der Waals surface area (Å²) in [5, 5.41) is 5.41. The molecule has 2 amide bonds. The van der Waals surface area contributed by atoms with Crippen molar-refractivity contribution in [1.82, 2.24) is 15.6 Å². The van der Waals surface area contributed by atoms with E-state index in [2.05, 4.69) is 22.5 Å². The Morgan fingerprint density at radius 2 is 2.33 bits per heavy atom. The lowest BCUT2D eigenvalue weighted by atomic mass is 10.3. The maximum absolute atomic E-state index is 11.2. The van der Waals surface area contributed by atoms with E-state index in [1.165, 1.54) is 0 Å². The first kappa shape index (κ1) is 11.6. The van der Waals surface area contributed by atoms with Gasteiger partial charge in [0.1, 0.15) is 5.76 Å². The Balaban J connectivity index is 2.16. The molecule has 1 rings (SSSR count). The van der Waals surface area contributed by atoms with Gasteiger partial charge in [0, 0.05) is 6.54 Å². The van der Waals surface area contributed by atoms with Gasteiger partial charge < -0.3 is 15.1 Å². The molecule has 1 aromatic heterocycles. The minimum Gasteiger partial charge on any atom is -0.444 e. The van der Waals surface area contributed by atoms with Crippen molar-refractivity contribution in [3.05, 3.63) is 17.8 Å². The molecule has 0 spiro atoms. The van der Waals surface area contributed by atoms with Gasteiger partial charge in [0.05, 0.1) is 12.7 Å². The number of urea groups is 1. The van der Waals surface area contributed by atoms with Crippen LogP contribution >= 0.6 is 0 Å². The van der Waals surface area contributed by atoms with Crippen LogP contribution in [-0.4, -0.2) is 17.6 Å². The van der Waals surface area contributed by atoms with Gasteiger partial charge in [-0.05, 0) is 13.3 Å². The Morgan fingerprint density at radius 1 is 1.53 bits per heavy atom. The van der Waals surface area contributed by atoms with Crippen molar-refractivity contribution in [2.75, 3.05) is 6.54 Å². The summed E-state index contributed by atoms with van der Waals surface area (Å²) < 4.78 is 5.21. The van der Waals surface area contributed by atoms with Crippen molar-refractivity contribution in [2.24, 2.45) is 0 Å². The maximum atomic E-state index is 11.2. The van der Waals surface area contributed by atoms with E-state index in [-0.39, 0.29) is 6.03 Å². The zero-order valence-corrected chi connectivity index (χ0v) is 9.17. The van der Waals surface area contributed by atoms with Crippen molar-refractivity contribution < 1.29 is 9.21 Å². The summed E-state index contributed by atoms with van der Waals surface area (Å²) in [6, 6.07) is -0.181. The number of nitrogens with zero attached hydrogens (tertiary/aromatic N) is 1. The van der Waals surface area contributed by atoms with Crippen LogP contribution < -0.4 is 10.6 Å². The number of aryl methyl sites for hydroxylation is 1. The summed E-state index contributed by atoms with van der Waals surface area (Å²) in [7, 11) is 0. The van der Waals surface area contributed by atoms with Crippen LogP contribution in [0.1, 0.15) is 31.4 Å². The molecular weight excluding hydrogens is 194 g/mol. The molecule has 1 heterocycles. The number of amides is 2. The van der Waals surface area contributed by atoms with Gasteiger partial charge in [-0.3, -0.25) is 0 Å². The van der Waals surface area contributed by atoms with Gasteiger partial charge in [0.25, 0.3) is 0 Å². The molecule has 0 saturated carbocycles. The smallest absolute Gasteiger partial charge is 0.315 e. The third-order valence-corrected chi connectivity index (χ3v) is 1.89. The molecule has 2 N–H and O–H groups in total. The van der Waals surface area contributed by atoms with Crippen molar-refractivity contribution in [3.8, 4) is 0 Å². The van der Waals surface area contributed by atoms with Gasteiger partial charge in [-0.2, -0.15) is 0 Å². The highest BCUT2D eigenvalue weighted by atomic mass is 16.4. The van der Waals surface area contributed by atoms with E-state index in [0.717, 1.165) is 18.6 Å². The summed E-state index contributed by atoms with van der Waals surface area (Å²) in [6.45, 7) is 4.92. The highest BCUT2D eigenvalue weighted by Gasteiger charge is 2.03. The van der Waals surface area contributed by atoms with E-state index in [1.807, 2.05) is 6.92 Å². The molecule has 5 nitrogen and oxygen atoms in total. The number of unbranched alkanes of at least 4 members (excludes halogenated alkanes) is 1. The van der Waals surface area contributed by atoms with Crippen molar-refractivity contribution in [2.45, 2.75) is 33.2 Å². The predicted octanol–water partition coefficient (Wildman–Crippen LogP) is 1.58. The second kappa shape index (κ2) is 6.06. The molecule has 0 aromatic carbocycles. The molecule has 0 radical (unpaired) electrons. The molecule has 0 saturated heterocycles. The standard InChI is InChI=1S/C10H17N3O2/c1-3-4-5-11-10(14)13-7-9-12-6-8(2)15-9/h6H,3-5,7H2,1-2H3,(H2,11,13,14). The first-order valence-corrected chi connectivity index (χ1v) is 5.15. The molecule has 15 heavy (non-hydrogen) atoms. The number of carbonyl (C=O) groups excluding carboxylic acids is 1. The first-order valence-electron chi connectivity index (χ1n) is 5.15. The zero-order chi connectivity index (χ0) is 11.1. The second-order valence-corrected chi connectivity index (χ2v) is 3.33. The zero-order valence-electron chi connectivity index (χ0n) is 9.17. The molecule has 0 atom stereocenters. The molecular formula is C10H17N3O2. The maximum Gasteiger partial charge on any atom is 0.315 e. The summed E-state index contributed by atoms with van der Waals surface area (Å²) in [4.78, 5) is 15.2. The quantitative estimate of drug-likeness (QED) is 0.727. The van der Waals surface area contributed by atoms with Gasteiger partial charge in [0.15, 0.2) is 0 Å². The average molecular weight is 211 g/mol. The van der Waals surface area contributed by atoms with E-state index in [0.29, 0.717) is 19.0 Å². The SMILES string of the molecule is CCCCNC(=O)NCc1ncc(C)o1. The number of nitrogens with one attached hydrogen (secondary N) is 2. The molecule has 0 fully saturated rings. The normalized spacial score (nSPS) is 10.0. The predicted molar refractivity (Wildman–Crippen MR) is 56.4 cm³/mol. The van der Waals surface area contributed by atoms with Gasteiger partial charge in [-0.25, -0.2) is 9.78 Å². The Labute approximate surface area is 89.3 Å². The number of rotatable bonds is 5. The van der Waals surface area contributed by atoms with Crippen LogP contribution in [0.2, 0.25) is 0 Å². The molecule has 0 aliphatic carbocycles. The molecule has 0 bridgehead atoms. The van der Waals surface area contributed by atoms with Crippen LogP contribution in [-0.2, 0) is 6.54 Å². The van der Waals surface area contributed by atoms with Gasteiger partial charge in [-0.1, -0.05) is 13.3 Å². The fraction of sp³-hybridized carbons (Fsp3) is 0.600. The van der Waals surface area contributed by atoms with E-state index >= 15 is 0 Å². The van der Waals surface area contributed by atoms with E-state index in [9.17, 15) is 4.79 Å². The van der Waals surface area contributed by atoms with Crippen molar-refractivity contribution in [3.63, 3.8) is 0 Å². The molecule has 5 heteroatoms. The Hall–Kier alpha value is -1.52. The minimum absolute atomic E-state index is 0.181. The topological polar surface area (TPSA) is 67.2 Å². The van der Waals surface area contributed by atoms with Gasteiger partial charge >= 0.3 is 6.03 Å². The van der Waals surface area contributed by atoms with Gasteiger partial charge in [0.2, 0.25) is 5.89 Å². The highest BCUT2D eigenvalue weighted by Crippen LogP contribution is 2.00. The lowest BCUT2D eigenvalue weighted by molar-refractivity contribution is 0.239. The van der Waals surface area contributed by atoms with E-state index in [1.54, 1.807) is 6.20 Å². The highest BCUT2D eigenvalue weighted by molar-refractivity contribution is 5.73. The second-order valence-electron chi connectivity index (χ2n) is 3.33. The molecule has 0 aliphatic rings. The number of aromatic nitrogens is 1. The molecule has 1 aromatic rings. The third-order valence-electron chi connectivity index (χ3n) is 1.89. The largest absolute Gasteiger partial charge is 0.444 e. The van der Waals surface area contributed by atoms with Crippen LogP contribution in [0.25, 0.3) is 0 Å². The summed E-state index contributed by atoms with van der Waals surface area (Å²) in [6.07, 6.45) is 3.69. The Bertz CT molecular complexity index is 309. The fourth-order valence-corrected chi connectivity index (χ4v) is 1.08. The molecule has 0 unspecified atom stereocenters. The first-order chi connectivity index (χ1) is 7.22. The molecule has 0 aliphatic heterocycles. The lowest BCUT2D eigenvalue weighted by Gasteiger charge is -2.04. The van der Waals surface area contributed by atoms with E-state index in [4.69, 9.17) is 4.42 Å². The minimum atomic E-state index is -0.181. The summed E-state index contributed by atoms with van der Waals surface area (Å²) >= 11 is 0. The van der Waals surface area contributed by atoms with Crippen LogP contribution in [0.15, 0.2) is 10.6 Å². The number of hydrogen-bond acceptors (Lipinski definition) is 3. The average Bonchev–Trinajstić information content (AvgIpc) is 2.62. The number of hydrogen-bond donors (Lipinski definition) is 2. The summed E-state index contributed by atoms with van der Waals surface area (Å²) in [5.41, 5.74) is 0. The third kappa shape index (κ3) is 4.49. The fourth-order valence-electron chi connectivity index (χ4n) is 1.08. The Morgan fingerprint density at radius 3 is 2.93 bits per heavy atom. The monoisotopic (exact) mass is 211 g/mol. The van der Waals surface area contributed by atoms with Crippen molar-refractivity contribution in [1.29, 1.82) is 0 Å². The summed E-state index contributed by atoms with van der Waals surface area (Å²) in [5.74, 6) is 1.27. The van der Waals surface area contributed by atoms with Gasteiger partial charge in [-0.15, -0.1) is 0 Å². The number of carbonyl (C=O) groups is 1.